The van der Waals surface area contributed by atoms with E-state index in [0.29, 0.717) is 17.3 Å². The summed E-state index contributed by atoms with van der Waals surface area (Å²) in [5.74, 6) is 0.812. The fourth-order valence-electron chi connectivity index (χ4n) is 2.38. The molecule has 1 atom stereocenters. The van der Waals surface area contributed by atoms with Gasteiger partial charge in [0.25, 0.3) is 0 Å². The number of benzene rings is 2. The Morgan fingerprint density at radius 1 is 1.07 bits per heavy atom. The van der Waals surface area contributed by atoms with E-state index < -0.39 is 22.0 Å². The lowest BCUT2D eigenvalue weighted by Gasteiger charge is -2.14. The van der Waals surface area contributed by atoms with Gasteiger partial charge >= 0.3 is 0 Å². The van der Waals surface area contributed by atoms with E-state index in [1.807, 2.05) is 6.92 Å². The van der Waals surface area contributed by atoms with E-state index in [-0.39, 0.29) is 4.90 Å². The summed E-state index contributed by atoms with van der Waals surface area (Å²) in [6.07, 6.45) is 0. The van der Waals surface area contributed by atoms with Crippen LogP contribution in [0.4, 0.5) is 5.69 Å². The Balaban J connectivity index is 1.64. The summed E-state index contributed by atoms with van der Waals surface area (Å²) < 4.78 is 27.0. The van der Waals surface area contributed by atoms with Crippen molar-refractivity contribution in [3.8, 4) is 11.4 Å². The van der Waals surface area contributed by atoms with E-state index in [1.54, 1.807) is 42.5 Å². The quantitative estimate of drug-likeness (QED) is 0.601. The van der Waals surface area contributed by atoms with Crippen LogP contribution in [0.5, 0.6) is 0 Å². The smallest absolute Gasteiger partial charge is 0.242 e. The van der Waals surface area contributed by atoms with Crippen LogP contribution in [0.3, 0.4) is 0 Å². The molecule has 9 heteroatoms. The van der Waals surface area contributed by atoms with E-state index in [4.69, 9.17) is 0 Å². The van der Waals surface area contributed by atoms with Crippen LogP contribution in [0.15, 0.2) is 59.5 Å². The molecule has 2 aromatic carbocycles. The normalized spacial score (nSPS) is 12.5. The maximum absolute atomic E-state index is 12.3. The number of hydrogen-bond donors (Lipinski definition) is 3. The molecule has 0 saturated carbocycles. The highest BCUT2D eigenvalue weighted by Crippen LogP contribution is 2.18. The highest BCUT2D eigenvalue weighted by molar-refractivity contribution is 7.89. The molecule has 0 aliphatic heterocycles. The van der Waals surface area contributed by atoms with Gasteiger partial charge in [0.2, 0.25) is 15.9 Å². The van der Waals surface area contributed by atoms with Crippen molar-refractivity contribution in [1.82, 2.24) is 19.9 Å². The predicted octanol–water partition coefficient (Wildman–Crippen LogP) is 2.09. The molecule has 8 nitrogen and oxygen atoms in total. The number of amides is 1. The Morgan fingerprint density at radius 2 is 1.74 bits per heavy atom. The second-order valence-corrected chi connectivity index (χ2v) is 7.68. The zero-order chi connectivity index (χ0) is 19.4. The highest BCUT2D eigenvalue weighted by atomic mass is 32.2. The van der Waals surface area contributed by atoms with Crippen molar-refractivity contribution < 1.29 is 13.2 Å². The maximum atomic E-state index is 12.3. The van der Waals surface area contributed by atoms with Crippen molar-refractivity contribution in [3.63, 3.8) is 0 Å². The molecule has 140 valence electrons. The summed E-state index contributed by atoms with van der Waals surface area (Å²) in [6.45, 7) is 3.30. The van der Waals surface area contributed by atoms with Crippen LogP contribution >= 0.6 is 0 Å². The molecule has 1 aromatic heterocycles. The first kappa shape index (κ1) is 18.7. The minimum absolute atomic E-state index is 0.107. The summed E-state index contributed by atoms with van der Waals surface area (Å²) in [5, 5.41) is 9.53. The van der Waals surface area contributed by atoms with Gasteiger partial charge in [-0.05, 0) is 50.2 Å². The lowest BCUT2D eigenvalue weighted by molar-refractivity contribution is -0.117. The van der Waals surface area contributed by atoms with Gasteiger partial charge in [0.15, 0.2) is 5.82 Å². The molecule has 0 radical (unpaired) electrons. The Hall–Kier alpha value is -3.04. The standard InChI is InChI=1S/C18H19N5O3S/c1-12(23-27(25,26)16-6-4-3-5-7-16)18(24)20-15-10-8-14(9-11-15)17-19-13(2)21-22-17/h3-12,23H,1-2H3,(H,20,24)(H,19,21,22)/t12-/m0/s1. The SMILES string of the molecule is Cc1nc(-c2ccc(NC(=O)[C@H](C)NS(=O)(=O)c3ccccc3)cc2)n[nH]1. The van der Waals surface area contributed by atoms with Crippen LogP contribution in [0.25, 0.3) is 11.4 Å². The number of aryl methyl sites for hydroxylation is 1. The first-order chi connectivity index (χ1) is 12.8. The number of nitrogens with one attached hydrogen (secondary N) is 3. The summed E-state index contributed by atoms with van der Waals surface area (Å²) in [4.78, 5) is 16.7. The van der Waals surface area contributed by atoms with E-state index in [9.17, 15) is 13.2 Å². The minimum Gasteiger partial charge on any atom is -0.325 e. The average Bonchev–Trinajstić information content (AvgIpc) is 3.09. The first-order valence-corrected chi connectivity index (χ1v) is 9.71. The molecule has 0 aliphatic rings. The molecule has 1 heterocycles. The van der Waals surface area contributed by atoms with Crippen molar-refractivity contribution >= 4 is 21.6 Å². The van der Waals surface area contributed by atoms with Crippen molar-refractivity contribution in [2.45, 2.75) is 24.8 Å². The largest absolute Gasteiger partial charge is 0.325 e. The number of rotatable bonds is 6. The van der Waals surface area contributed by atoms with E-state index in [1.165, 1.54) is 19.1 Å². The van der Waals surface area contributed by atoms with Gasteiger partial charge in [-0.25, -0.2) is 13.4 Å². The molecule has 0 fully saturated rings. The molecule has 0 unspecified atom stereocenters. The van der Waals surface area contributed by atoms with Gasteiger partial charge in [-0.1, -0.05) is 18.2 Å². The van der Waals surface area contributed by atoms with Gasteiger partial charge in [0.05, 0.1) is 10.9 Å². The molecule has 0 aliphatic carbocycles. The Kier molecular flexibility index (Phi) is 5.33. The molecule has 3 rings (SSSR count). The van der Waals surface area contributed by atoms with Crippen LogP contribution in [-0.4, -0.2) is 35.5 Å². The van der Waals surface area contributed by atoms with Gasteiger partial charge < -0.3 is 5.32 Å². The molecule has 27 heavy (non-hydrogen) atoms. The van der Waals surface area contributed by atoms with Crippen molar-refractivity contribution in [2.75, 3.05) is 5.32 Å². The number of sulfonamides is 1. The summed E-state index contributed by atoms with van der Waals surface area (Å²) in [5.41, 5.74) is 1.34. The molecule has 3 N–H and O–H groups in total. The number of aromatic nitrogens is 3. The van der Waals surface area contributed by atoms with Crippen LogP contribution in [-0.2, 0) is 14.8 Å². The molecule has 3 aromatic rings. The van der Waals surface area contributed by atoms with Gasteiger partial charge in [0.1, 0.15) is 5.82 Å². The molecule has 0 saturated heterocycles. The fourth-order valence-corrected chi connectivity index (χ4v) is 3.60. The van der Waals surface area contributed by atoms with E-state index >= 15 is 0 Å². The van der Waals surface area contributed by atoms with Gasteiger partial charge in [-0.15, -0.1) is 0 Å². The zero-order valence-corrected chi connectivity index (χ0v) is 15.6. The number of carbonyl (C=O) groups is 1. The minimum atomic E-state index is -3.77. The lowest BCUT2D eigenvalue weighted by Crippen LogP contribution is -2.41. The third-order valence-electron chi connectivity index (χ3n) is 3.79. The van der Waals surface area contributed by atoms with Crippen molar-refractivity contribution in [1.29, 1.82) is 0 Å². The number of carbonyl (C=O) groups excluding carboxylic acids is 1. The Labute approximate surface area is 157 Å². The lowest BCUT2D eigenvalue weighted by atomic mass is 10.2. The van der Waals surface area contributed by atoms with Crippen molar-refractivity contribution in [3.05, 3.63) is 60.4 Å². The second kappa shape index (κ2) is 7.68. The van der Waals surface area contributed by atoms with Gasteiger partial charge in [0, 0.05) is 11.3 Å². The van der Waals surface area contributed by atoms with E-state index in [0.717, 1.165) is 5.56 Å². The van der Waals surface area contributed by atoms with Crippen LogP contribution in [0.2, 0.25) is 0 Å². The zero-order valence-electron chi connectivity index (χ0n) is 14.8. The highest BCUT2D eigenvalue weighted by Gasteiger charge is 2.21. The molecule has 1 amide bonds. The third-order valence-corrected chi connectivity index (χ3v) is 5.34. The summed E-state index contributed by atoms with van der Waals surface area (Å²) in [6, 6.07) is 13.9. The van der Waals surface area contributed by atoms with Crippen molar-refractivity contribution in [2.24, 2.45) is 0 Å². The molecular weight excluding hydrogens is 366 g/mol. The van der Waals surface area contributed by atoms with Crippen LogP contribution < -0.4 is 10.0 Å². The van der Waals surface area contributed by atoms with Gasteiger partial charge in [-0.3, -0.25) is 9.89 Å². The Bertz CT molecular complexity index is 1030. The fraction of sp³-hybridized carbons (Fsp3) is 0.167. The first-order valence-electron chi connectivity index (χ1n) is 8.23. The summed E-state index contributed by atoms with van der Waals surface area (Å²) in [7, 11) is -3.77. The molecule has 0 spiro atoms. The number of aromatic amines is 1. The van der Waals surface area contributed by atoms with Gasteiger partial charge in [-0.2, -0.15) is 9.82 Å². The third kappa shape index (κ3) is 4.57. The average molecular weight is 385 g/mol. The number of anilines is 1. The van der Waals surface area contributed by atoms with Crippen LogP contribution in [0, 0.1) is 6.92 Å². The molecule has 0 bridgehead atoms. The Morgan fingerprint density at radius 3 is 2.33 bits per heavy atom. The van der Waals surface area contributed by atoms with Crippen LogP contribution in [0.1, 0.15) is 12.7 Å². The number of hydrogen-bond acceptors (Lipinski definition) is 5. The maximum Gasteiger partial charge on any atom is 0.242 e. The molecular formula is C18H19N5O3S. The van der Waals surface area contributed by atoms with E-state index in [2.05, 4.69) is 25.2 Å². The summed E-state index contributed by atoms with van der Waals surface area (Å²) >= 11 is 0. The number of nitrogens with zero attached hydrogens (tertiary/aromatic N) is 2. The monoisotopic (exact) mass is 385 g/mol. The predicted molar refractivity (Wildman–Crippen MR) is 101 cm³/mol. The second-order valence-electron chi connectivity index (χ2n) is 5.97. The number of H-pyrrole nitrogens is 1. The topological polar surface area (TPSA) is 117 Å².